The van der Waals surface area contributed by atoms with Crippen LogP contribution in [0.5, 0.6) is 0 Å². The number of carbonyl (C=O) groups excluding carboxylic acids is 1. The molecule has 0 amide bonds. The van der Waals surface area contributed by atoms with Crippen molar-refractivity contribution in [1.82, 2.24) is 5.48 Å². The monoisotopic (exact) mass is 263 g/mol. The van der Waals surface area contributed by atoms with Crippen LogP contribution < -0.4 is 5.48 Å². The molecule has 1 aromatic rings. The lowest BCUT2D eigenvalue weighted by molar-refractivity contribution is -0.146. The van der Waals surface area contributed by atoms with E-state index in [-0.39, 0.29) is 0 Å². The van der Waals surface area contributed by atoms with Gasteiger partial charge in [0.15, 0.2) is 0 Å². The van der Waals surface area contributed by atoms with E-state index in [2.05, 4.69) is 5.48 Å². The van der Waals surface area contributed by atoms with Crippen LogP contribution in [0, 0.1) is 0 Å². The Hall–Kier alpha value is -1.65. The predicted molar refractivity (Wildman–Crippen MR) is 74.3 cm³/mol. The molecular weight excluding hydrogens is 242 g/mol. The van der Waals surface area contributed by atoms with Crippen LogP contribution in [0.2, 0.25) is 0 Å². The highest BCUT2D eigenvalue weighted by atomic mass is 16.7. The van der Waals surface area contributed by atoms with Gasteiger partial charge in [0.05, 0.1) is 6.10 Å². The van der Waals surface area contributed by atoms with Gasteiger partial charge in [-0.2, -0.15) is 5.48 Å². The molecule has 2 N–H and O–H groups in total. The van der Waals surface area contributed by atoms with E-state index < -0.39 is 12.1 Å². The van der Waals surface area contributed by atoms with Gasteiger partial charge in [-0.1, -0.05) is 37.3 Å². The Kier molecular flexibility index (Phi) is 6.85. The summed E-state index contributed by atoms with van der Waals surface area (Å²) in [6, 6.07) is 9.95. The van der Waals surface area contributed by atoms with Gasteiger partial charge in [0, 0.05) is 12.1 Å². The second kappa shape index (κ2) is 8.45. The quantitative estimate of drug-likeness (QED) is 0.449. The molecule has 4 heteroatoms. The summed E-state index contributed by atoms with van der Waals surface area (Å²) in [5.74, 6) is -0.458. The van der Waals surface area contributed by atoms with Crippen LogP contribution in [0.1, 0.15) is 25.8 Å². The summed E-state index contributed by atoms with van der Waals surface area (Å²) in [6.45, 7) is 4.03. The van der Waals surface area contributed by atoms with Crippen molar-refractivity contribution < 1.29 is 14.7 Å². The Labute approximate surface area is 114 Å². The summed E-state index contributed by atoms with van der Waals surface area (Å²) >= 11 is 0. The first kappa shape index (κ1) is 15.4. The number of rotatable bonds is 7. The molecule has 19 heavy (non-hydrogen) atoms. The van der Waals surface area contributed by atoms with Gasteiger partial charge >= 0.3 is 5.97 Å². The first-order valence-electron chi connectivity index (χ1n) is 6.48. The summed E-state index contributed by atoms with van der Waals surface area (Å²) < 4.78 is 0. The Balaban J connectivity index is 2.26. The maximum atomic E-state index is 11.5. The molecule has 0 aliphatic carbocycles. The van der Waals surface area contributed by atoms with Crippen molar-refractivity contribution in [3.05, 3.63) is 47.5 Å². The van der Waals surface area contributed by atoms with Crippen LogP contribution in [0.15, 0.2) is 42.0 Å². The van der Waals surface area contributed by atoms with Crippen LogP contribution in [0.3, 0.4) is 0 Å². The van der Waals surface area contributed by atoms with Gasteiger partial charge in [0.25, 0.3) is 0 Å². The maximum absolute atomic E-state index is 11.5. The minimum Gasteiger partial charge on any atom is -0.389 e. The summed E-state index contributed by atoms with van der Waals surface area (Å²) in [5, 5.41) is 9.39. The number of hydrogen-bond donors (Lipinski definition) is 2. The smallest absolute Gasteiger partial charge is 0.352 e. The molecule has 0 bridgehead atoms. The van der Waals surface area contributed by atoms with Crippen LogP contribution in [0.25, 0.3) is 0 Å². The number of hydroxylamine groups is 1. The van der Waals surface area contributed by atoms with Crippen molar-refractivity contribution in [2.75, 3.05) is 6.54 Å². The number of aliphatic hydroxyl groups is 1. The summed E-state index contributed by atoms with van der Waals surface area (Å²) in [4.78, 5) is 16.4. The Morgan fingerprint density at radius 1 is 1.42 bits per heavy atom. The van der Waals surface area contributed by atoms with Gasteiger partial charge in [-0.25, -0.2) is 4.79 Å². The van der Waals surface area contributed by atoms with E-state index in [1.54, 1.807) is 6.92 Å². The average Bonchev–Trinajstić information content (AvgIpc) is 2.44. The van der Waals surface area contributed by atoms with Crippen molar-refractivity contribution >= 4 is 5.97 Å². The van der Waals surface area contributed by atoms with Gasteiger partial charge in [-0.15, -0.1) is 0 Å². The molecule has 0 heterocycles. The Morgan fingerprint density at radius 3 is 2.74 bits per heavy atom. The molecule has 1 rings (SSSR count). The minimum absolute atomic E-state index is 0.404. The molecule has 4 nitrogen and oxygen atoms in total. The number of hydrogen-bond acceptors (Lipinski definition) is 4. The van der Waals surface area contributed by atoms with Crippen LogP contribution >= 0.6 is 0 Å². The van der Waals surface area contributed by atoms with E-state index in [1.165, 1.54) is 11.6 Å². The van der Waals surface area contributed by atoms with Crippen LogP contribution in [-0.2, 0) is 16.1 Å². The third-order valence-electron chi connectivity index (χ3n) is 2.71. The first-order chi connectivity index (χ1) is 9.13. The molecule has 104 valence electrons. The molecule has 0 spiro atoms. The summed E-state index contributed by atoms with van der Waals surface area (Å²) in [5.41, 5.74) is 4.22. The van der Waals surface area contributed by atoms with Crippen molar-refractivity contribution in [1.29, 1.82) is 0 Å². The number of nitrogens with one attached hydrogen (secondary N) is 1. The average molecular weight is 263 g/mol. The van der Waals surface area contributed by atoms with E-state index in [9.17, 15) is 9.90 Å². The SMILES string of the molecule is CCC(O)C=C(C)C(=O)ONCCc1ccccc1. The molecule has 0 fully saturated rings. The lowest BCUT2D eigenvalue weighted by Crippen LogP contribution is -2.23. The summed E-state index contributed by atoms with van der Waals surface area (Å²) in [7, 11) is 0. The fourth-order valence-corrected chi connectivity index (χ4v) is 1.51. The molecule has 0 radical (unpaired) electrons. The zero-order chi connectivity index (χ0) is 14.1. The van der Waals surface area contributed by atoms with Gasteiger partial charge in [0.1, 0.15) is 0 Å². The lowest BCUT2D eigenvalue weighted by atomic mass is 10.2. The van der Waals surface area contributed by atoms with Gasteiger partial charge in [-0.3, -0.25) is 0 Å². The second-order valence-corrected chi connectivity index (χ2v) is 4.34. The zero-order valence-corrected chi connectivity index (χ0v) is 11.4. The van der Waals surface area contributed by atoms with E-state index in [0.29, 0.717) is 18.5 Å². The van der Waals surface area contributed by atoms with Crippen LogP contribution in [-0.4, -0.2) is 23.7 Å². The highest BCUT2D eigenvalue weighted by molar-refractivity contribution is 5.87. The molecule has 0 aliphatic heterocycles. The highest BCUT2D eigenvalue weighted by Crippen LogP contribution is 2.02. The van der Waals surface area contributed by atoms with E-state index in [4.69, 9.17) is 4.84 Å². The number of aliphatic hydroxyl groups excluding tert-OH is 1. The standard InChI is InChI=1S/C15H21NO3/c1-3-14(17)11-12(2)15(18)19-16-10-9-13-7-5-4-6-8-13/h4-8,11,14,16-17H,3,9-10H2,1-2H3. The first-order valence-corrected chi connectivity index (χ1v) is 6.48. The zero-order valence-electron chi connectivity index (χ0n) is 11.4. The Morgan fingerprint density at radius 2 is 2.11 bits per heavy atom. The molecule has 0 saturated carbocycles. The molecule has 0 aromatic heterocycles. The third-order valence-corrected chi connectivity index (χ3v) is 2.71. The van der Waals surface area contributed by atoms with E-state index in [0.717, 1.165) is 6.42 Å². The largest absolute Gasteiger partial charge is 0.389 e. The molecule has 1 aromatic carbocycles. The molecule has 0 saturated heterocycles. The second-order valence-electron chi connectivity index (χ2n) is 4.34. The molecule has 1 atom stereocenters. The fourth-order valence-electron chi connectivity index (χ4n) is 1.51. The van der Waals surface area contributed by atoms with Crippen molar-refractivity contribution in [3.8, 4) is 0 Å². The van der Waals surface area contributed by atoms with Crippen molar-refractivity contribution in [3.63, 3.8) is 0 Å². The fraction of sp³-hybridized carbons (Fsp3) is 0.400. The topological polar surface area (TPSA) is 58.6 Å². The van der Waals surface area contributed by atoms with Crippen LogP contribution in [0.4, 0.5) is 0 Å². The maximum Gasteiger partial charge on any atom is 0.352 e. The van der Waals surface area contributed by atoms with E-state index >= 15 is 0 Å². The van der Waals surface area contributed by atoms with Crippen molar-refractivity contribution in [2.45, 2.75) is 32.8 Å². The highest BCUT2D eigenvalue weighted by Gasteiger charge is 2.07. The predicted octanol–water partition coefficient (Wildman–Crippen LogP) is 1.99. The van der Waals surface area contributed by atoms with Gasteiger partial charge in [-0.05, 0) is 31.4 Å². The summed E-state index contributed by atoms with van der Waals surface area (Å²) in [6.07, 6.45) is 2.26. The van der Waals surface area contributed by atoms with E-state index in [1.807, 2.05) is 37.3 Å². The molecular formula is C15H21NO3. The number of carbonyl (C=O) groups is 1. The molecule has 0 aliphatic rings. The van der Waals surface area contributed by atoms with Crippen molar-refractivity contribution in [2.24, 2.45) is 0 Å². The lowest BCUT2D eigenvalue weighted by Gasteiger charge is -2.07. The number of benzene rings is 1. The van der Waals surface area contributed by atoms with Gasteiger partial charge < -0.3 is 9.94 Å². The van der Waals surface area contributed by atoms with Gasteiger partial charge in [0.2, 0.25) is 0 Å². The third kappa shape index (κ3) is 6.18. The Bertz CT molecular complexity index is 415. The minimum atomic E-state index is -0.600. The molecule has 1 unspecified atom stereocenters. The normalized spacial score (nSPS) is 13.1.